The number of benzene rings is 11. The van der Waals surface area contributed by atoms with E-state index in [-0.39, 0.29) is 39.6 Å². The average Bonchev–Trinajstić information content (AvgIpc) is 0.780. The van der Waals surface area contributed by atoms with Gasteiger partial charge in [-0.1, -0.05) is 257 Å². The molecule has 0 radical (unpaired) electrons. The van der Waals surface area contributed by atoms with E-state index in [9.17, 15) is 43.9 Å². The average molecular weight is 1190 g/mol. The van der Waals surface area contributed by atoms with Crippen molar-refractivity contribution in [2.45, 2.75) is 57.8 Å². The Kier molecular flexibility index (Phi) is 5.57. The highest BCUT2D eigenvalue weighted by Crippen LogP contribution is 2.48. The first-order chi connectivity index (χ1) is 62.8. The van der Waals surface area contributed by atoms with Crippen LogP contribution in [-0.2, 0) is 10.8 Å². The molecule has 0 bridgehead atoms. The third-order valence-electron chi connectivity index (χ3n) is 14.6. The largest absolute Gasteiger partial charge is 0.458 e. The van der Waals surface area contributed by atoms with E-state index in [1.54, 1.807) is 34.9 Å². The number of hydrogen-bond acceptors (Lipinski definition) is 2. The second-order valence-electron chi connectivity index (χ2n) is 19.7. The summed E-state index contributed by atoms with van der Waals surface area (Å²) in [7, 11) is -6.94. The topological polar surface area (TPSA) is 35.9 Å². The Morgan fingerprint density at radius 1 is 0.517 bits per heavy atom. The van der Waals surface area contributed by atoms with Gasteiger partial charge in [0.25, 0.3) is 6.33 Å². The lowest BCUT2D eigenvalue weighted by atomic mass is 9.63. The first kappa shape index (κ1) is 22.6. The molecule has 3 heterocycles. The molecule has 0 aliphatic heterocycles. The maximum absolute atomic E-state index is 11.1. The third-order valence-corrected chi connectivity index (χ3v) is 18.6. The Balaban J connectivity index is 1.10. The van der Waals surface area contributed by atoms with Crippen LogP contribution in [0.4, 0.5) is 0 Å². The molecule has 11 aromatic carbocycles. The minimum atomic E-state index is -6.94. The van der Waals surface area contributed by atoms with Gasteiger partial charge in [-0.2, -0.15) is 0 Å². The van der Waals surface area contributed by atoms with Gasteiger partial charge in [-0.25, -0.2) is 4.98 Å². The van der Waals surface area contributed by atoms with Gasteiger partial charge in [0, 0.05) is 54.6 Å². The summed E-state index contributed by atoms with van der Waals surface area (Å²) in [5.74, 6) is -0.119. The van der Waals surface area contributed by atoms with E-state index in [1.807, 2.05) is 0 Å². The van der Waals surface area contributed by atoms with Crippen molar-refractivity contribution >= 4 is 61.7 Å². The fourth-order valence-electron chi connectivity index (χ4n) is 10.8. The van der Waals surface area contributed by atoms with Crippen molar-refractivity contribution in [3.63, 3.8) is 0 Å². The highest BCUT2D eigenvalue weighted by atomic mass is 28.3. The minimum absolute atomic E-state index is 0.0186. The van der Waals surface area contributed by atoms with Crippen molar-refractivity contribution in [2.24, 2.45) is 0 Å². The summed E-state index contributed by atoms with van der Waals surface area (Å²) in [5, 5.41) is -4.59. The summed E-state index contributed by atoms with van der Waals surface area (Å²) in [5.41, 5.74) is -22.3. The molecular formula is C81H66N4OSi. The van der Waals surface area contributed by atoms with E-state index >= 15 is 0 Å². The van der Waals surface area contributed by atoms with E-state index in [0.29, 0.717) is 21.8 Å². The number of fused-ring (bicyclic) bond motifs is 5. The van der Waals surface area contributed by atoms with Crippen LogP contribution >= 0.6 is 0 Å². The van der Waals surface area contributed by atoms with Crippen LogP contribution in [0, 0.1) is 13.2 Å². The Labute approximate surface area is 579 Å². The lowest BCUT2D eigenvalue weighted by Gasteiger charge is -2.42. The number of pyridine rings is 1. The third kappa shape index (κ3) is 9.22. The zero-order chi connectivity index (χ0) is 101. The van der Waals surface area contributed by atoms with E-state index in [2.05, 4.69) is 11.3 Å². The predicted molar refractivity (Wildman–Crippen MR) is 362 cm³/mol. The molecule has 15 rings (SSSR count). The highest BCUT2D eigenvalue weighted by molar-refractivity contribution is 7.19. The van der Waals surface area contributed by atoms with Gasteiger partial charge >= 0.3 is 0 Å². The monoisotopic (exact) mass is 1190 g/mol. The first-order valence-electron chi connectivity index (χ1n) is 50.7. The molecule has 3 aromatic heterocycles. The lowest BCUT2D eigenvalue weighted by Crippen LogP contribution is -2.74. The van der Waals surface area contributed by atoms with Gasteiger partial charge in [-0.3, -0.25) is 13.7 Å². The zero-order valence-electron chi connectivity index (χ0n) is 93.5. The molecule has 0 fully saturated rings. The van der Waals surface area contributed by atoms with Crippen molar-refractivity contribution < 1.29 is 76.5 Å². The smallest absolute Gasteiger partial charge is 0.269 e. The summed E-state index contributed by atoms with van der Waals surface area (Å²) in [6.07, 6.45) is -5.90. The van der Waals surface area contributed by atoms with Crippen LogP contribution in [0.2, 0.25) is 0 Å². The van der Waals surface area contributed by atoms with E-state index in [0.717, 1.165) is 15.3 Å². The molecule has 87 heavy (non-hydrogen) atoms. The fraction of sp³-hybridized carbons (Fsp3) is 0.111. The fourth-order valence-corrected chi connectivity index (χ4v) is 14.3. The number of imidazole rings is 1. The highest BCUT2D eigenvalue weighted by Gasteiger charge is 2.42. The van der Waals surface area contributed by atoms with Crippen molar-refractivity contribution in [1.29, 1.82) is 0 Å². The number of hydrogen-bond donors (Lipinski definition) is 0. The number of ether oxygens (including phenoxy) is 1. The van der Waals surface area contributed by atoms with E-state index in [4.69, 9.17) is 28.0 Å². The van der Waals surface area contributed by atoms with Gasteiger partial charge in [0.05, 0.1) is 74.6 Å². The zero-order valence-corrected chi connectivity index (χ0v) is 45.5. The van der Waals surface area contributed by atoms with Crippen molar-refractivity contribution in [3.8, 4) is 62.1 Å². The molecule has 0 N–H and O–H groups in total. The lowest BCUT2D eigenvalue weighted by molar-refractivity contribution is -0.571. The second kappa shape index (κ2) is 21.4. The summed E-state index contributed by atoms with van der Waals surface area (Å²) >= 11 is 0. The van der Waals surface area contributed by atoms with Crippen molar-refractivity contribution in [3.05, 3.63) is 308 Å². The van der Waals surface area contributed by atoms with E-state index < -0.39 is 318 Å². The molecule has 0 atom stereocenters. The molecule has 0 spiro atoms. The van der Waals surface area contributed by atoms with Crippen LogP contribution in [0.1, 0.15) is 124 Å². The normalized spacial score (nSPS) is 23.6. The molecule has 0 saturated carbocycles. The Hall–Kier alpha value is -10.1. The minimum Gasteiger partial charge on any atom is -0.458 e. The number of rotatable bonds is 12. The molecule has 0 saturated heterocycles. The summed E-state index contributed by atoms with van der Waals surface area (Å²) < 4.78 is 471. The molecule has 420 valence electrons. The first-order valence-corrected chi connectivity index (χ1v) is 28.2. The van der Waals surface area contributed by atoms with Crippen LogP contribution in [-0.4, -0.2) is 22.2 Å². The quantitative estimate of drug-likeness (QED) is 0.0529. The maximum Gasteiger partial charge on any atom is 0.269 e. The summed E-state index contributed by atoms with van der Waals surface area (Å²) in [6, 6.07) is -18.4. The molecule has 0 amide bonds. The number of nitrogens with zero attached hydrogens (tertiary/aromatic N) is 4. The Bertz CT molecular complexity index is 7270. The van der Waals surface area contributed by atoms with Crippen molar-refractivity contribution in [1.82, 2.24) is 14.1 Å². The van der Waals surface area contributed by atoms with Gasteiger partial charge in [0.1, 0.15) is 17.3 Å². The molecule has 5 nitrogen and oxygen atoms in total. The number of para-hydroxylation sites is 4. The summed E-state index contributed by atoms with van der Waals surface area (Å²) in [4.78, 5) is 4.64. The standard InChI is InChI=1S/C81H66N4OSi/c1-56-49-78(82-54-71(56)57-25-10-6-11-26-57)85-74-40-19-18-37-69(74)70-45-44-62(53-77(70)85)86-61-29-23-28-60(52-61)83-55-84(76-42-21-20-41-75(76)83)79-67(38-24-39-68(79)59-43-46-72-73(51-59)81(4,5)48-47-80(72,2)3)58-27-22-36-66(50-58)87(63-30-12-7-13-31-63,64-32-14-8-15-33-64)65-34-16-9-17-35-65/h6-46,49-54H,47-48H2,1-5H3/i1D3,2D3,3D3,4D3,5D3,6D,7D,8D,9D,10D,11D,12D,13D,14D,15D,16D,17D,22D,24D,25D,26D,27D,30D,31D,32D,33D,34D,35D,36D,38D,39D,43D,46D,47D2,48D2,50D,51D. The van der Waals surface area contributed by atoms with Gasteiger partial charge in [0.2, 0.25) is 0 Å². The van der Waals surface area contributed by atoms with Gasteiger partial charge < -0.3 is 4.74 Å². The molecule has 1 aliphatic rings. The molecule has 1 aliphatic carbocycles. The van der Waals surface area contributed by atoms with Crippen LogP contribution in [0.3, 0.4) is 0 Å². The van der Waals surface area contributed by atoms with Crippen LogP contribution in [0.25, 0.3) is 83.4 Å². The van der Waals surface area contributed by atoms with Crippen LogP contribution in [0.5, 0.6) is 11.5 Å². The van der Waals surface area contributed by atoms with Crippen molar-refractivity contribution in [2.75, 3.05) is 0 Å². The number of aryl methyl sites for hydroxylation is 1. The Morgan fingerprint density at radius 3 is 1.82 bits per heavy atom. The van der Waals surface area contributed by atoms with Gasteiger partial charge in [0.15, 0.2) is 8.07 Å². The predicted octanol–water partition coefficient (Wildman–Crippen LogP) is 17.0. The van der Waals surface area contributed by atoms with Gasteiger partial charge in [-0.05, 0) is 138 Å². The molecule has 14 aromatic rings. The summed E-state index contributed by atoms with van der Waals surface area (Å²) in [6.45, 7) is -21.8. The maximum atomic E-state index is 11.1. The number of aromatic nitrogens is 4. The van der Waals surface area contributed by atoms with Crippen LogP contribution in [0.15, 0.2) is 285 Å². The molecular weight excluding hydrogens is 1070 g/mol. The Morgan fingerprint density at radius 2 is 1.11 bits per heavy atom. The van der Waals surface area contributed by atoms with E-state index in [1.165, 1.54) is 66.7 Å². The van der Waals surface area contributed by atoms with Crippen LogP contribution < -0.4 is 30.1 Å². The SMILES string of the molecule is [2H]c1c([2H])c([2H])c(-c2cnc(-n3c4ccccc4c4ccc(Oc5cccc(-n6[c-][n+](-c7c(-c8c([2H])c([2H])c9c(c8[2H])C(C([2H])([2H])[2H])(C([2H])([2H])[2H])C([2H])([2H])C([2H])([2H])C9(C([2H])([2H])[2H])C([2H])([2H])[2H])c([2H])c([2H])c([2H])c7-c7c([2H])c([2H])c([2H])c([Si](c8c([2H])c([2H])c([2H])c([2H])c8[2H])(c8c([2H])c([2H])c([2H])c([2H])c8[2H])c8c([2H])c([2H])c([2H])c([2H])c8[2H])c7[2H])c7ccccc76)c5)cc43)cc2C([2H])([2H])[2H])c([2H])c1[2H]. The molecule has 0 unspecified atom stereocenters. The second-order valence-corrected chi connectivity index (χ2v) is 23.2. The molecule has 6 heteroatoms. The van der Waals surface area contributed by atoms with Gasteiger partial charge in [-0.15, -0.1) is 0 Å².